The molecule has 0 aliphatic rings. The van der Waals surface area contributed by atoms with Gasteiger partial charge in [-0.05, 0) is 59.5 Å². The van der Waals surface area contributed by atoms with Gasteiger partial charge in [0.15, 0.2) is 5.82 Å². The van der Waals surface area contributed by atoms with Crippen molar-refractivity contribution in [1.82, 2.24) is 35.5 Å². The second-order valence-corrected chi connectivity index (χ2v) is 9.61. The van der Waals surface area contributed by atoms with Crippen LogP contribution in [0.2, 0.25) is 0 Å². The van der Waals surface area contributed by atoms with Gasteiger partial charge in [-0.3, -0.25) is 15.1 Å². The Hall–Kier alpha value is -5.14. The SMILES string of the molecule is C=C/C=C(/c1ccncc1)c1nc(-c2n[nH]c3ccc(-c4cncc(CNCc5ccccc5)c4)cc23)[nH]c1C. The van der Waals surface area contributed by atoms with Crippen LogP contribution < -0.4 is 5.32 Å². The second kappa shape index (κ2) is 11.3. The van der Waals surface area contributed by atoms with Crippen molar-refractivity contribution in [3.8, 4) is 22.6 Å². The lowest BCUT2D eigenvalue weighted by molar-refractivity contribution is 0.691. The molecular weight excluding hydrogens is 494 g/mol. The third-order valence-electron chi connectivity index (χ3n) is 6.83. The number of aryl methyl sites for hydroxylation is 1. The summed E-state index contributed by atoms with van der Waals surface area (Å²) in [5.41, 5.74) is 10.0. The lowest BCUT2D eigenvalue weighted by Gasteiger charge is -2.07. The standard InChI is InChI=1S/C33H29N7/c1-3-7-28(25-12-14-34-15-13-25)31-22(2)37-33(38-31)32-29-17-26(10-11-30(29)39-40-32)27-16-24(20-36-21-27)19-35-18-23-8-5-4-6-9-23/h3-17,20-21,35H,1,18-19H2,2H3,(H,37,38)(H,39,40)/b28-7-. The molecule has 0 fully saturated rings. The minimum atomic E-state index is 0.705. The molecule has 0 unspecified atom stereocenters. The summed E-state index contributed by atoms with van der Waals surface area (Å²) in [4.78, 5) is 17.1. The Labute approximate surface area is 232 Å². The molecule has 4 aromatic heterocycles. The number of fused-ring (bicyclic) bond motifs is 1. The summed E-state index contributed by atoms with van der Waals surface area (Å²) in [6.07, 6.45) is 11.1. The predicted molar refractivity (Wildman–Crippen MR) is 160 cm³/mol. The normalized spacial score (nSPS) is 11.7. The molecule has 0 saturated carbocycles. The molecule has 6 aromatic rings. The first kappa shape index (κ1) is 25.2. The Kier molecular flexibility index (Phi) is 7.11. The van der Waals surface area contributed by atoms with Gasteiger partial charge >= 0.3 is 0 Å². The van der Waals surface area contributed by atoms with Crippen molar-refractivity contribution in [2.45, 2.75) is 20.0 Å². The zero-order chi connectivity index (χ0) is 27.3. The maximum atomic E-state index is 4.98. The Balaban J connectivity index is 1.29. The predicted octanol–water partition coefficient (Wildman–Crippen LogP) is 6.63. The highest BCUT2D eigenvalue weighted by Crippen LogP contribution is 2.32. The Morgan fingerprint density at radius 3 is 2.55 bits per heavy atom. The molecule has 196 valence electrons. The van der Waals surface area contributed by atoms with E-state index in [1.54, 1.807) is 18.5 Å². The van der Waals surface area contributed by atoms with Gasteiger partial charge in [0.25, 0.3) is 0 Å². The van der Waals surface area contributed by atoms with Gasteiger partial charge in [0, 0.05) is 60.1 Å². The quantitative estimate of drug-likeness (QED) is 0.185. The summed E-state index contributed by atoms with van der Waals surface area (Å²) in [6.45, 7) is 7.47. The van der Waals surface area contributed by atoms with Crippen LogP contribution in [-0.2, 0) is 13.1 Å². The van der Waals surface area contributed by atoms with Crippen molar-refractivity contribution < 1.29 is 0 Å². The second-order valence-electron chi connectivity index (χ2n) is 9.61. The van der Waals surface area contributed by atoms with Crippen molar-refractivity contribution >= 4 is 16.5 Å². The van der Waals surface area contributed by atoms with Gasteiger partial charge in [0.2, 0.25) is 0 Å². The van der Waals surface area contributed by atoms with Crippen LogP contribution in [-0.4, -0.2) is 30.1 Å². The maximum Gasteiger partial charge on any atom is 0.159 e. The molecule has 0 radical (unpaired) electrons. The monoisotopic (exact) mass is 523 g/mol. The Morgan fingerprint density at radius 1 is 0.900 bits per heavy atom. The van der Waals surface area contributed by atoms with Gasteiger partial charge < -0.3 is 10.3 Å². The number of benzene rings is 2. The lowest BCUT2D eigenvalue weighted by atomic mass is 10.0. The molecule has 0 bridgehead atoms. The number of rotatable bonds is 9. The summed E-state index contributed by atoms with van der Waals surface area (Å²) >= 11 is 0. The van der Waals surface area contributed by atoms with E-state index in [4.69, 9.17) is 4.98 Å². The first-order valence-corrected chi connectivity index (χ1v) is 13.2. The number of aromatic amines is 2. The van der Waals surface area contributed by atoms with Crippen molar-refractivity contribution in [2.75, 3.05) is 0 Å². The molecular formula is C33H29N7. The van der Waals surface area contributed by atoms with Crippen LogP contribution in [0.1, 0.15) is 28.1 Å². The van der Waals surface area contributed by atoms with Gasteiger partial charge in [0.05, 0.1) is 11.2 Å². The number of H-pyrrole nitrogens is 2. The van der Waals surface area contributed by atoms with Gasteiger partial charge in [-0.25, -0.2) is 4.98 Å². The van der Waals surface area contributed by atoms with Gasteiger partial charge in [-0.15, -0.1) is 0 Å². The summed E-state index contributed by atoms with van der Waals surface area (Å²) < 4.78 is 0. The van der Waals surface area contributed by atoms with Gasteiger partial charge in [0.1, 0.15) is 5.69 Å². The van der Waals surface area contributed by atoms with Crippen LogP contribution >= 0.6 is 0 Å². The average Bonchev–Trinajstić information content (AvgIpc) is 3.60. The largest absolute Gasteiger partial charge is 0.340 e. The van der Waals surface area contributed by atoms with Gasteiger partial charge in [-0.1, -0.05) is 55.1 Å². The van der Waals surface area contributed by atoms with E-state index in [2.05, 4.69) is 85.6 Å². The number of hydrogen-bond donors (Lipinski definition) is 3. The highest BCUT2D eigenvalue weighted by Gasteiger charge is 2.18. The number of allylic oxidation sites excluding steroid dienone is 2. The topological polar surface area (TPSA) is 95.2 Å². The zero-order valence-corrected chi connectivity index (χ0v) is 22.2. The van der Waals surface area contributed by atoms with E-state index in [0.29, 0.717) is 5.82 Å². The fourth-order valence-corrected chi connectivity index (χ4v) is 4.86. The van der Waals surface area contributed by atoms with Crippen molar-refractivity contribution in [3.63, 3.8) is 0 Å². The minimum absolute atomic E-state index is 0.705. The molecule has 0 aliphatic heterocycles. The van der Waals surface area contributed by atoms with Crippen LogP contribution in [0.4, 0.5) is 0 Å². The van der Waals surface area contributed by atoms with Crippen molar-refractivity contribution in [1.29, 1.82) is 0 Å². The van der Waals surface area contributed by atoms with E-state index >= 15 is 0 Å². The molecule has 7 nitrogen and oxygen atoms in total. The smallest absolute Gasteiger partial charge is 0.159 e. The molecule has 0 spiro atoms. The minimum Gasteiger partial charge on any atom is -0.340 e. The molecule has 0 saturated heterocycles. The third-order valence-corrected chi connectivity index (χ3v) is 6.83. The number of hydrogen-bond acceptors (Lipinski definition) is 5. The number of pyridine rings is 2. The fourth-order valence-electron chi connectivity index (χ4n) is 4.86. The number of imidazole rings is 1. The first-order valence-electron chi connectivity index (χ1n) is 13.2. The van der Waals surface area contributed by atoms with E-state index in [-0.39, 0.29) is 0 Å². The highest BCUT2D eigenvalue weighted by atomic mass is 15.1. The summed E-state index contributed by atoms with van der Waals surface area (Å²) in [5.74, 6) is 0.705. The third kappa shape index (κ3) is 5.23. The first-order chi connectivity index (χ1) is 19.7. The molecule has 3 N–H and O–H groups in total. The van der Waals surface area contributed by atoms with Crippen LogP contribution in [0.5, 0.6) is 0 Å². The lowest BCUT2D eigenvalue weighted by Crippen LogP contribution is -2.12. The van der Waals surface area contributed by atoms with Gasteiger partial charge in [-0.2, -0.15) is 5.10 Å². The molecule has 0 aliphatic carbocycles. The van der Waals surface area contributed by atoms with Crippen LogP contribution in [0.15, 0.2) is 110 Å². The molecule has 7 heteroatoms. The van der Waals surface area contributed by atoms with E-state index in [1.807, 2.05) is 43.6 Å². The summed E-state index contributed by atoms with van der Waals surface area (Å²) in [7, 11) is 0. The molecule has 6 rings (SSSR count). The average molecular weight is 524 g/mol. The molecule has 0 atom stereocenters. The Morgan fingerprint density at radius 2 is 1.73 bits per heavy atom. The number of nitrogens with zero attached hydrogens (tertiary/aromatic N) is 4. The van der Waals surface area contributed by atoms with Crippen LogP contribution in [0.3, 0.4) is 0 Å². The molecule has 4 heterocycles. The summed E-state index contributed by atoms with van der Waals surface area (Å²) in [6, 6.07) is 22.8. The van der Waals surface area contributed by atoms with E-state index in [0.717, 1.165) is 68.9 Å². The summed E-state index contributed by atoms with van der Waals surface area (Å²) in [5, 5.41) is 12.3. The Bertz CT molecular complexity index is 1800. The fraction of sp³-hybridized carbons (Fsp3) is 0.0909. The van der Waals surface area contributed by atoms with Crippen LogP contribution in [0, 0.1) is 6.92 Å². The molecule has 2 aromatic carbocycles. The van der Waals surface area contributed by atoms with Crippen molar-refractivity contribution in [3.05, 3.63) is 138 Å². The van der Waals surface area contributed by atoms with E-state index < -0.39 is 0 Å². The molecule has 40 heavy (non-hydrogen) atoms. The maximum absolute atomic E-state index is 4.98. The van der Waals surface area contributed by atoms with E-state index in [1.165, 1.54) is 5.56 Å². The molecule has 0 amide bonds. The zero-order valence-electron chi connectivity index (χ0n) is 22.2. The number of aromatic nitrogens is 6. The highest BCUT2D eigenvalue weighted by molar-refractivity contribution is 5.94. The van der Waals surface area contributed by atoms with Crippen LogP contribution in [0.25, 0.3) is 39.1 Å². The number of nitrogens with one attached hydrogen (secondary N) is 3. The van der Waals surface area contributed by atoms with Crippen molar-refractivity contribution in [2.24, 2.45) is 0 Å². The van der Waals surface area contributed by atoms with E-state index in [9.17, 15) is 0 Å².